The number of carbonyl (C=O) groups excluding carboxylic acids is 1. The molecule has 0 bridgehead atoms. The van der Waals surface area contributed by atoms with Crippen molar-refractivity contribution >= 4 is 22.5 Å². The number of ether oxygens (including phenoxy) is 1. The van der Waals surface area contributed by atoms with Gasteiger partial charge in [-0.3, -0.25) is 18.7 Å². The van der Waals surface area contributed by atoms with Gasteiger partial charge in [-0.25, -0.2) is 4.79 Å². The molecule has 28 heavy (non-hydrogen) atoms. The predicted molar refractivity (Wildman–Crippen MR) is 109 cm³/mol. The molecular weight excluding hydrogens is 358 g/mol. The number of carbonyl (C=O) groups is 1. The molecule has 0 aliphatic carbocycles. The molecule has 0 atom stereocenters. The maximum Gasteiger partial charge on any atom is 0.331 e. The number of nitrogens with zero attached hydrogens (tertiary/aromatic N) is 2. The molecule has 7 nitrogen and oxygen atoms in total. The normalized spacial score (nSPS) is 10.9. The molecule has 3 aromatic rings. The third kappa shape index (κ3) is 4.20. The van der Waals surface area contributed by atoms with Crippen molar-refractivity contribution in [1.29, 1.82) is 0 Å². The molecule has 0 spiro atoms. The van der Waals surface area contributed by atoms with Crippen LogP contribution in [0.1, 0.15) is 12.0 Å². The highest BCUT2D eigenvalue weighted by atomic mass is 16.5. The van der Waals surface area contributed by atoms with Crippen LogP contribution in [0.25, 0.3) is 10.9 Å². The lowest BCUT2D eigenvalue weighted by Crippen LogP contribution is -2.42. The van der Waals surface area contributed by atoms with E-state index in [1.54, 1.807) is 37.4 Å². The number of hydrogen-bond acceptors (Lipinski definition) is 4. The van der Waals surface area contributed by atoms with Crippen LogP contribution in [-0.4, -0.2) is 28.8 Å². The number of hydrogen-bond donors (Lipinski definition) is 1. The SMILES string of the molecule is COCCCn1c(=O)c2ccccc2n(CC(=O)Nc2cccc(C)c2)c1=O. The third-order valence-electron chi connectivity index (χ3n) is 4.47. The second-order valence-electron chi connectivity index (χ2n) is 6.61. The number of anilines is 1. The van der Waals surface area contributed by atoms with Crippen molar-refractivity contribution in [2.24, 2.45) is 0 Å². The first kappa shape index (κ1) is 19.6. The number of para-hydroxylation sites is 1. The lowest BCUT2D eigenvalue weighted by molar-refractivity contribution is -0.116. The van der Waals surface area contributed by atoms with Crippen LogP contribution in [0.4, 0.5) is 5.69 Å². The van der Waals surface area contributed by atoms with Crippen LogP contribution in [-0.2, 0) is 22.6 Å². The lowest BCUT2D eigenvalue weighted by atomic mass is 10.2. The van der Waals surface area contributed by atoms with Gasteiger partial charge in [0.05, 0.1) is 10.9 Å². The van der Waals surface area contributed by atoms with Crippen LogP contribution in [0.5, 0.6) is 0 Å². The summed E-state index contributed by atoms with van der Waals surface area (Å²) >= 11 is 0. The van der Waals surface area contributed by atoms with Gasteiger partial charge in [-0.15, -0.1) is 0 Å². The Labute approximate surface area is 162 Å². The minimum absolute atomic E-state index is 0.183. The summed E-state index contributed by atoms with van der Waals surface area (Å²) in [5.74, 6) is -0.333. The van der Waals surface area contributed by atoms with E-state index >= 15 is 0 Å². The van der Waals surface area contributed by atoms with Gasteiger partial charge in [0, 0.05) is 25.9 Å². The average molecular weight is 381 g/mol. The molecule has 0 fully saturated rings. The molecule has 1 N–H and O–H groups in total. The molecule has 146 valence electrons. The smallest absolute Gasteiger partial charge is 0.331 e. The summed E-state index contributed by atoms with van der Waals surface area (Å²) in [6.07, 6.45) is 0.527. The molecule has 1 aromatic heterocycles. The maximum atomic E-state index is 12.9. The Morgan fingerprint density at radius 2 is 1.86 bits per heavy atom. The topological polar surface area (TPSA) is 82.3 Å². The molecule has 1 heterocycles. The summed E-state index contributed by atoms with van der Waals surface area (Å²) in [6.45, 7) is 2.42. The highest BCUT2D eigenvalue weighted by Gasteiger charge is 2.15. The van der Waals surface area contributed by atoms with E-state index in [9.17, 15) is 14.4 Å². The van der Waals surface area contributed by atoms with Crippen molar-refractivity contribution < 1.29 is 9.53 Å². The highest BCUT2D eigenvalue weighted by molar-refractivity contribution is 5.91. The number of rotatable bonds is 7. The minimum atomic E-state index is -0.501. The van der Waals surface area contributed by atoms with E-state index in [4.69, 9.17) is 4.74 Å². The summed E-state index contributed by atoms with van der Waals surface area (Å²) in [7, 11) is 1.57. The monoisotopic (exact) mass is 381 g/mol. The number of benzene rings is 2. The number of aryl methyl sites for hydroxylation is 1. The zero-order chi connectivity index (χ0) is 20.1. The molecule has 0 unspecified atom stereocenters. The molecule has 1 amide bonds. The van der Waals surface area contributed by atoms with Crippen LogP contribution < -0.4 is 16.6 Å². The van der Waals surface area contributed by atoms with Crippen molar-refractivity contribution in [3.63, 3.8) is 0 Å². The van der Waals surface area contributed by atoms with Crippen LogP contribution in [0.15, 0.2) is 58.1 Å². The molecule has 0 radical (unpaired) electrons. The number of amides is 1. The van der Waals surface area contributed by atoms with Gasteiger partial charge in [0.15, 0.2) is 0 Å². The summed E-state index contributed by atoms with van der Waals surface area (Å²) < 4.78 is 7.52. The van der Waals surface area contributed by atoms with E-state index < -0.39 is 5.69 Å². The van der Waals surface area contributed by atoms with Gasteiger partial charge in [-0.1, -0.05) is 24.3 Å². The van der Waals surface area contributed by atoms with Gasteiger partial charge in [-0.05, 0) is 43.2 Å². The van der Waals surface area contributed by atoms with E-state index in [1.807, 2.05) is 25.1 Å². The second-order valence-corrected chi connectivity index (χ2v) is 6.61. The Kier molecular flexibility index (Phi) is 6.06. The molecule has 2 aromatic carbocycles. The van der Waals surface area contributed by atoms with Gasteiger partial charge in [0.1, 0.15) is 6.54 Å². The van der Waals surface area contributed by atoms with Gasteiger partial charge in [0.25, 0.3) is 5.56 Å². The molecule has 0 aliphatic heterocycles. The summed E-state index contributed by atoms with van der Waals surface area (Å²) in [4.78, 5) is 38.2. The number of methoxy groups -OCH3 is 1. The van der Waals surface area contributed by atoms with Gasteiger partial charge >= 0.3 is 5.69 Å². The Morgan fingerprint density at radius 1 is 1.07 bits per heavy atom. The predicted octanol–water partition coefficient (Wildman–Crippen LogP) is 2.15. The highest BCUT2D eigenvalue weighted by Crippen LogP contribution is 2.11. The van der Waals surface area contributed by atoms with E-state index in [2.05, 4.69) is 5.32 Å². The van der Waals surface area contributed by atoms with E-state index in [-0.39, 0.29) is 24.6 Å². The first-order valence-corrected chi connectivity index (χ1v) is 9.09. The summed E-state index contributed by atoms with van der Waals surface area (Å²) in [6, 6.07) is 14.3. The van der Waals surface area contributed by atoms with Crippen molar-refractivity contribution in [2.75, 3.05) is 19.0 Å². The van der Waals surface area contributed by atoms with Crippen LogP contribution in [0.3, 0.4) is 0 Å². The Hall–Kier alpha value is -3.19. The fraction of sp³-hybridized carbons (Fsp3) is 0.286. The second kappa shape index (κ2) is 8.67. The number of aromatic nitrogens is 2. The first-order valence-electron chi connectivity index (χ1n) is 9.09. The maximum absolute atomic E-state index is 12.9. The largest absolute Gasteiger partial charge is 0.385 e. The lowest BCUT2D eigenvalue weighted by Gasteiger charge is -2.14. The van der Waals surface area contributed by atoms with Crippen LogP contribution >= 0.6 is 0 Å². The van der Waals surface area contributed by atoms with Crippen molar-refractivity contribution in [3.8, 4) is 0 Å². The Balaban J connectivity index is 1.98. The standard InChI is InChI=1S/C21H23N3O4/c1-15-7-5-8-16(13-15)22-19(25)14-24-18-10-4-3-9-17(18)20(26)23(21(24)27)11-6-12-28-2/h3-5,7-10,13H,6,11-12,14H2,1-2H3,(H,22,25). The van der Waals surface area contributed by atoms with E-state index in [0.29, 0.717) is 29.6 Å². The zero-order valence-electron chi connectivity index (χ0n) is 16.0. The van der Waals surface area contributed by atoms with Crippen LogP contribution in [0.2, 0.25) is 0 Å². The fourth-order valence-electron chi connectivity index (χ4n) is 3.15. The average Bonchev–Trinajstić information content (AvgIpc) is 2.68. The third-order valence-corrected chi connectivity index (χ3v) is 4.47. The zero-order valence-corrected chi connectivity index (χ0v) is 16.0. The summed E-state index contributed by atoms with van der Waals surface area (Å²) in [5.41, 5.74) is 1.27. The van der Waals surface area contributed by atoms with Crippen LogP contribution in [0, 0.1) is 6.92 Å². The Bertz CT molecular complexity index is 1110. The number of fused-ring (bicyclic) bond motifs is 1. The van der Waals surface area contributed by atoms with Gasteiger partial charge in [-0.2, -0.15) is 0 Å². The van der Waals surface area contributed by atoms with E-state index in [1.165, 1.54) is 9.13 Å². The fourth-order valence-corrected chi connectivity index (χ4v) is 3.15. The molecule has 0 saturated carbocycles. The van der Waals surface area contributed by atoms with Crippen molar-refractivity contribution in [1.82, 2.24) is 9.13 Å². The van der Waals surface area contributed by atoms with Crippen molar-refractivity contribution in [2.45, 2.75) is 26.4 Å². The Morgan fingerprint density at radius 3 is 2.61 bits per heavy atom. The van der Waals surface area contributed by atoms with Gasteiger partial charge < -0.3 is 10.1 Å². The summed E-state index contributed by atoms with van der Waals surface area (Å²) in [5, 5.41) is 3.21. The number of nitrogens with one attached hydrogen (secondary N) is 1. The van der Waals surface area contributed by atoms with Crippen molar-refractivity contribution in [3.05, 3.63) is 74.9 Å². The molecule has 0 saturated heterocycles. The minimum Gasteiger partial charge on any atom is -0.385 e. The molecular formula is C21H23N3O4. The quantitative estimate of drug-likeness (QED) is 0.636. The molecule has 3 rings (SSSR count). The molecule has 7 heteroatoms. The first-order chi connectivity index (χ1) is 13.5. The molecule has 0 aliphatic rings. The van der Waals surface area contributed by atoms with E-state index in [0.717, 1.165) is 5.56 Å². The van der Waals surface area contributed by atoms with Gasteiger partial charge in [0.2, 0.25) is 5.91 Å².